The van der Waals surface area contributed by atoms with Gasteiger partial charge in [0, 0.05) is 6.07 Å². The van der Waals surface area contributed by atoms with E-state index in [1.54, 1.807) is 6.07 Å². The highest BCUT2D eigenvalue weighted by Crippen LogP contribution is 2.32. The van der Waals surface area contributed by atoms with Crippen molar-refractivity contribution in [3.63, 3.8) is 0 Å². The smallest absolute Gasteiger partial charge is 0.338 e. The summed E-state index contributed by atoms with van der Waals surface area (Å²) in [6.07, 6.45) is 0. The molecule has 0 radical (unpaired) electrons. The SMILES string of the molecule is O=C(COC(=O)c1ccc2c(c1)OCO2)Nc1ccc(F)cc1F. The van der Waals surface area contributed by atoms with Gasteiger partial charge >= 0.3 is 5.97 Å². The standard InChI is InChI=1S/C16H11F2NO5/c17-10-2-3-12(11(18)6-10)19-15(20)7-22-16(21)9-1-4-13-14(5-9)24-8-23-13/h1-6H,7-8H2,(H,19,20). The minimum atomic E-state index is -0.926. The van der Waals surface area contributed by atoms with Gasteiger partial charge in [0.1, 0.15) is 11.6 Å². The lowest BCUT2D eigenvalue weighted by molar-refractivity contribution is -0.119. The first-order valence-electron chi connectivity index (χ1n) is 6.84. The first kappa shape index (κ1) is 15.7. The van der Waals surface area contributed by atoms with Crippen LogP contribution in [-0.4, -0.2) is 25.3 Å². The second kappa shape index (κ2) is 6.53. The summed E-state index contributed by atoms with van der Waals surface area (Å²) >= 11 is 0. The molecule has 1 aliphatic rings. The zero-order valence-electron chi connectivity index (χ0n) is 12.2. The lowest BCUT2D eigenvalue weighted by Crippen LogP contribution is -2.21. The molecule has 3 rings (SSSR count). The van der Waals surface area contributed by atoms with Crippen molar-refractivity contribution in [1.82, 2.24) is 0 Å². The molecular weight excluding hydrogens is 324 g/mol. The van der Waals surface area contributed by atoms with Crippen molar-refractivity contribution in [2.24, 2.45) is 0 Å². The molecule has 2 aromatic carbocycles. The molecule has 0 saturated carbocycles. The van der Waals surface area contributed by atoms with E-state index in [1.165, 1.54) is 12.1 Å². The lowest BCUT2D eigenvalue weighted by Gasteiger charge is -2.08. The van der Waals surface area contributed by atoms with E-state index in [1.807, 2.05) is 0 Å². The summed E-state index contributed by atoms with van der Waals surface area (Å²) in [5.41, 5.74) is -0.0273. The third-order valence-electron chi connectivity index (χ3n) is 3.15. The summed E-state index contributed by atoms with van der Waals surface area (Å²) in [5, 5.41) is 2.18. The van der Waals surface area contributed by atoms with E-state index >= 15 is 0 Å². The van der Waals surface area contributed by atoms with Crippen molar-refractivity contribution in [2.75, 3.05) is 18.7 Å². The van der Waals surface area contributed by atoms with Gasteiger partial charge in [-0.15, -0.1) is 0 Å². The van der Waals surface area contributed by atoms with Gasteiger partial charge in [0.2, 0.25) is 6.79 Å². The molecule has 1 aliphatic heterocycles. The summed E-state index contributed by atoms with van der Waals surface area (Å²) in [6.45, 7) is -0.552. The molecule has 6 nitrogen and oxygen atoms in total. The molecule has 0 saturated heterocycles. The number of fused-ring (bicyclic) bond motifs is 1. The van der Waals surface area contributed by atoms with Crippen LogP contribution >= 0.6 is 0 Å². The maximum absolute atomic E-state index is 13.4. The maximum atomic E-state index is 13.4. The fraction of sp³-hybridized carbons (Fsp3) is 0.125. The van der Waals surface area contributed by atoms with Gasteiger partial charge in [0.25, 0.3) is 5.91 Å². The van der Waals surface area contributed by atoms with E-state index in [2.05, 4.69) is 5.32 Å². The largest absolute Gasteiger partial charge is 0.454 e. The highest BCUT2D eigenvalue weighted by atomic mass is 19.1. The number of carbonyl (C=O) groups excluding carboxylic acids is 2. The Morgan fingerprint density at radius 1 is 1.08 bits per heavy atom. The Bertz CT molecular complexity index is 809. The fourth-order valence-electron chi connectivity index (χ4n) is 2.02. The van der Waals surface area contributed by atoms with Gasteiger partial charge in [-0.2, -0.15) is 0 Å². The molecule has 0 spiro atoms. The molecule has 24 heavy (non-hydrogen) atoms. The topological polar surface area (TPSA) is 73.9 Å². The number of esters is 1. The van der Waals surface area contributed by atoms with Crippen LogP contribution in [0.5, 0.6) is 11.5 Å². The molecule has 1 heterocycles. The van der Waals surface area contributed by atoms with Crippen molar-refractivity contribution in [1.29, 1.82) is 0 Å². The predicted molar refractivity (Wildman–Crippen MR) is 77.8 cm³/mol. The fourth-order valence-corrected chi connectivity index (χ4v) is 2.02. The third kappa shape index (κ3) is 3.43. The van der Waals surface area contributed by atoms with Crippen LogP contribution in [0, 0.1) is 11.6 Å². The van der Waals surface area contributed by atoms with Crippen LogP contribution in [0.2, 0.25) is 0 Å². The Morgan fingerprint density at radius 3 is 2.67 bits per heavy atom. The molecule has 0 bridgehead atoms. The Labute approximate surface area is 134 Å². The number of carbonyl (C=O) groups is 2. The summed E-state index contributed by atoms with van der Waals surface area (Å²) in [4.78, 5) is 23.6. The Hall–Kier alpha value is -3.16. The monoisotopic (exact) mass is 335 g/mol. The van der Waals surface area contributed by atoms with Crippen LogP contribution in [0.4, 0.5) is 14.5 Å². The zero-order valence-corrected chi connectivity index (χ0v) is 12.2. The van der Waals surface area contributed by atoms with Gasteiger partial charge in [0.15, 0.2) is 18.1 Å². The normalized spacial score (nSPS) is 11.9. The van der Waals surface area contributed by atoms with Gasteiger partial charge in [-0.05, 0) is 30.3 Å². The molecule has 0 unspecified atom stereocenters. The number of hydrogen-bond acceptors (Lipinski definition) is 5. The van der Waals surface area contributed by atoms with Gasteiger partial charge in [-0.3, -0.25) is 4.79 Å². The van der Waals surface area contributed by atoms with Crippen LogP contribution in [0.25, 0.3) is 0 Å². The van der Waals surface area contributed by atoms with Gasteiger partial charge in [-0.25, -0.2) is 13.6 Å². The number of nitrogens with one attached hydrogen (secondary N) is 1. The van der Waals surface area contributed by atoms with Crippen molar-refractivity contribution < 1.29 is 32.6 Å². The number of rotatable bonds is 4. The first-order valence-corrected chi connectivity index (χ1v) is 6.84. The van der Waals surface area contributed by atoms with Crippen LogP contribution < -0.4 is 14.8 Å². The number of ether oxygens (including phenoxy) is 3. The minimum Gasteiger partial charge on any atom is -0.454 e. The Morgan fingerprint density at radius 2 is 1.88 bits per heavy atom. The third-order valence-corrected chi connectivity index (χ3v) is 3.15. The van der Waals surface area contributed by atoms with E-state index < -0.39 is 30.1 Å². The molecule has 1 amide bonds. The molecule has 0 aromatic heterocycles. The number of hydrogen-bond donors (Lipinski definition) is 1. The van der Waals surface area contributed by atoms with E-state index in [0.29, 0.717) is 17.6 Å². The maximum Gasteiger partial charge on any atom is 0.338 e. The molecule has 1 N–H and O–H groups in total. The number of halogens is 2. The van der Waals surface area contributed by atoms with Gasteiger partial charge < -0.3 is 19.5 Å². The zero-order chi connectivity index (χ0) is 17.1. The molecule has 124 valence electrons. The predicted octanol–water partition coefficient (Wildman–Crippen LogP) is 2.49. The van der Waals surface area contributed by atoms with E-state index in [4.69, 9.17) is 14.2 Å². The highest BCUT2D eigenvalue weighted by Gasteiger charge is 2.18. The number of benzene rings is 2. The second-order valence-corrected chi connectivity index (χ2v) is 4.82. The van der Waals surface area contributed by atoms with E-state index in [9.17, 15) is 18.4 Å². The van der Waals surface area contributed by atoms with E-state index in [-0.39, 0.29) is 18.0 Å². The van der Waals surface area contributed by atoms with Crippen LogP contribution in [0.15, 0.2) is 36.4 Å². The van der Waals surface area contributed by atoms with Crippen molar-refractivity contribution in [3.05, 3.63) is 53.6 Å². The van der Waals surface area contributed by atoms with Gasteiger partial charge in [-0.1, -0.05) is 0 Å². The number of amides is 1. The molecule has 0 aliphatic carbocycles. The average molecular weight is 335 g/mol. The summed E-state index contributed by atoms with van der Waals surface area (Å²) in [6, 6.07) is 7.15. The lowest BCUT2D eigenvalue weighted by atomic mass is 10.2. The molecule has 2 aromatic rings. The summed E-state index contributed by atoms with van der Waals surface area (Å²) < 4.78 is 41.3. The van der Waals surface area contributed by atoms with Crippen molar-refractivity contribution in [3.8, 4) is 11.5 Å². The second-order valence-electron chi connectivity index (χ2n) is 4.82. The highest BCUT2D eigenvalue weighted by molar-refractivity contribution is 5.95. The average Bonchev–Trinajstić information content (AvgIpc) is 3.03. The van der Waals surface area contributed by atoms with Gasteiger partial charge in [0.05, 0.1) is 11.3 Å². The molecule has 0 fully saturated rings. The van der Waals surface area contributed by atoms with Crippen LogP contribution in [-0.2, 0) is 9.53 Å². The Balaban J connectivity index is 1.57. The quantitative estimate of drug-likeness (QED) is 0.869. The van der Waals surface area contributed by atoms with Crippen LogP contribution in [0.3, 0.4) is 0 Å². The number of anilines is 1. The first-order chi connectivity index (χ1) is 11.5. The summed E-state index contributed by atoms with van der Waals surface area (Å²) in [7, 11) is 0. The molecule has 0 atom stereocenters. The Kier molecular flexibility index (Phi) is 4.28. The summed E-state index contributed by atoms with van der Waals surface area (Å²) in [5.74, 6) is -2.28. The van der Waals surface area contributed by atoms with E-state index in [0.717, 1.165) is 12.1 Å². The van der Waals surface area contributed by atoms with Crippen molar-refractivity contribution in [2.45, 2.75) is 0 Å². The minimum absolute atomic E-state index is 0.0689. The molecular formula is C16H11F2NO5. The molecule has 8 heteroatoms. The van der Waals surface area contributed by atoms with Crippen LogP contribution in [0.1, 0.15) is 10.4 Å². The van der Waals surface area contributed by atoms with Crippen molar-refractivity contribution >= 4 is 17.6 Å².